The van der Waals surface area contributed by atoms with E-state index in [1.54, 1.807) is 18.7 Å². The first kappa shape index (κ1) is 10.1. The molecule has 0 saturated carbocycles. The molecule has 1 aromatic heterocycles. The smallest absolute Gasteiger partial charge is 0.303 e. The Labute approximate surface area is 81.1 Å². The van der Waals surface area contributed by atoms with Crippen LogP contribution >= 0.6 is 11.6 Å². The topological polar surface area (TPSA) is 55.1 Å². The molecular weight excluding hydrogens is 192 g/mol. The minimum atomic E-state index is -0.824. The van der Waals surface area contributed by atoms with Gasteiger partial charge in [0, 0.05) is 13.5 Å². The molecular formula is C8H11ClN2O2. The van der Waals surface area contributed by atoms with Crippen LogP contribution < -0.4 is 0 Å². The molecule has 72 valence electrons. The quantitative estimate of drug-likeness (QED) is 0.806. The Kier molecular flexibility index (Phi) is 2.93. The van der Waals surface area contributed by atoms with Crippen molar-refractivity contribution in [2.45, 2.75) is 19.8 Å². The predicted molar refractivity (Wildman–Crippen MR) is 48.9 cm³/mol. The van der Waals surface area contributed by atoms with Crippen LogP contribution in [0.1, 0.15) is 17.8 Å². The summed E-state index contributed by atoms with van der Waals surface area (Å²) < 4.78 is 1.63. The fourth-order valence-electron chi connectivity index (χ4n) is 1.18. The van der Waals surface area contributed by atoms with Crippen molar-refractivity contribution < 1.29 is 9.90 Å². The van der Waals surface area contributed by atoms with E-state index < -0.39 is 5.97 Å². The molecule has 0 unspecified atom stereocenters. The summed E-state index contributed by atoms with van der Waals surface area (Å²) in [6.07, 6.45) is 0.504. The Hall–Kier alpha value is -1.03. The zero-order chi connectivity index (χ0) is 10.0. The Morgan fingerprint density at radius 1 is 1.69 bits per heavy atom. The normalized spacial score (nSPS) is 10.4. The molecule has 0 radical (unpaired) electrons. The third-order valence-corrected chi connectivity index (χ3v) is 2.33. The summed E-state index contributed by atoms with van der Waals surface area (Å²) in [5.41, 5.74) is 1.52. The molecule has 5 heteroatoms. The third kappa shape index (κ3) is 2.21. The second kappa shape index (κ2) is 3.79. The number of halogens is 1. The van der Waals surface area contributed by atoms with Crippen LogP contribution in [0, 0.1) is 6.92 Å². The van der Waals surface area contributed by atoms with Crippen LogP contribution in [0.2, 0.25) is 5.02 Å². The molecule has 1 rings (SSSR count). The minimum Gasteiger partial charge on any atom is -0.481 e. The minimum absolute atomic E-state index is 0.0820. The maximum atomic E-state index is 10.3. The Morgan fingerprint density at radius 2 is 2.31 bits per heavy atom. The highest BCUT2D eigenvalue weighted by Gasteiger charge is 2.11. The average Bonchev–Trinajstić information content (AvgIpc) is 2.24. The largest absolute Gasteiger partial charge is 0.481 e. The highest BCUT2D eigenvalue weighted by atomic mass is 35.5. The van der Waals surface area contributed by atoms with Crippen LogP contribution in [-0.4, -0.2) is 20.9 Å². The van der Waals surface area contributed by atoms with Crippen molar-refractivity contribution in [2.24, 2.45) is 7.05 Å². The van der Waals surface area contributed by atoms with Crippen molar-refractivity contribution in [3.05, 3.63) is 16.4 Å². The number of carbonyl (C=O) groups is 1. The van der Waals surface area contributed by atoms with E-state index in [1.807, 2.05) is 0 Å². The van der Waals surface area contributed by atoms with Gasteiger partial charge in [0.15, 0.2) is 0 Å². The van der Waals surface area contributed by atoms with Crippen molar-refractivity contribution >= 4 is 17.6 Å². The molecule has 1 N–H and O–H groups in total. The van der Waals surface area contributed by atoms with Gasteiger partial charge in [0.25, 0.3) is 0 Å². The Balaban J connectivity index is 2.81. The van der Waals surface area contributed by atoms with Crippen molar-refractivity contribution in [3.8, 4) is 0 Å². The lowest BCUT2D eigenvalue weighted by Gasteiger charge is -1.99. The van der Waals surface area contributed by atoms with E-state index in [9.17, 15) is 4.79 Å². The van der Waals surface area contributed by atoms with Crippen LogP contribution in [0.15, 0.2) is 0 Å². The first-order valence-electron chi connectivity index (χ1n) is 3.92. The van der Waals surface area contributed by atoms with Crippen LogP contribution in [0.3, 0.4) is 0 Å². The summed E-state index contributed by atoms with van der Waals surface area (Å²) >= 11 is 5.92. The molecule has 4 nitrogen and oxygen atoms in total. The summed E-state index contributed by atoms with van der Waals surface area (Å²) in [5.74, 6) is -0.824. The molecule has 13 heavy (non-hydrogen) atoms. The number of aryl methyl sites for hydroxylation is 2. The van der Waals surface area contributed by atoms with Gasteiger partial charge in [-0.15, -0.1) is 0 Å². The number of aromatic nitrogens is 2. The van der Waals surface area contributed by atoms with Crippen LogP contribution in [0.25, 0.3) is 0 Å². The molecule has 0 aromatic carbocycles. The van der Waals surface area contributed by atoms with E-state index >= 15 is 0 Å². The molecule has 1 heterocycles. The van der Waals surface area contributed by atoms with Crippen molar-refractivity contribution in [2.75, 3.05) is 0 Å². The fourth-order valence-corrected chi connectivity index (χ4v) is 1.43. The van der Waals surface area contributed by atoms with Gasteiger partial charge in [0.2, 0.25) is 0 Å². The first-order valence-corrected chi connectivity index (χ1v) is 4.30. The van der Waals surface area contributed by atoms with Gasteiger partial charge in [-0.2, -0.15) is 5.10 Å². The maximum Gasteiger partial charge on any atom is 0.303 e. The summed E-state index contributed by atoms with van der Waals surface area (Å²) in [6.45, 7) is 1.80. The van der Waals surface area contributed by atoms with Gasteiger partial charge in [0.1, 0.15) is 0 Å². The lowest BCUT2D eigenvalue weighted by Crippen LogP contribution is -2.03. The van der Waals surface area contributed by atoms with E-state index in [0.717, 1.165) is 11.4 Å². The number of hydrogen-bond acceptors (Lipinski definition) is 2. The molecule has 0 aliphatic rings. The molecule has 0 aliphatic heterocycles. The SMILES string of the molecule is Cc1nn(C)c(CCC(=O)O)c1Cl. The summed E-state index contributed by atoms with van der Waals surface area (Å²) in [6, 6.07) is 0. The maximum absolute atomic E-state index is 10.3. The van der Waals surface area contributed by atoms with Gasteiger partial charge in [-0.25, -0.2) is 0 Å². The van der Waals surface area contributed by atoms with Crippen molar-refractivity contribution in [3.63, 3.8) is 0 Å². The van der Waals surface area contributed by atoms with Gasteiger partial charge >= 0.3 is 5.97 Å². The Morgan fingerprint density at radius 3 is 2.69 bits per heavy atom. The molecule has 1 aromatic rings. The van der Waals surface area contributed by atoms with Gasteiger partial charge < -0.3 is 5.11 Å². The van der Waals surface area contributed by atoms with Crippen molar-refractivity contribution in [1.29, 1.82) is 0 Å². The number of aliphatic carboxylic acids is 1. The highest BCUT2D eigenvalue weighted by Crippen LogP contribution is 2.20. The fraction of sp³-hybridized carbons (Fsp3) is 0.500. The number of hydrogen-bond donors (Lipinski definition) is 1. The van der Waals surface area contributed by atoms with Crippen LogP contribution in [0.5, 0.6) is 0 Å². The van der Waals surface area contributed by atoms with Gasteiger partial charge in [-0.3, -0.25) is 9.48 Å². The second-order valence-corrected chi connectivity index (χ2v) is 3.24. The van der Waals surface area contributed by atoms with Gasteiger partial charge in [0.05, 0.1) is 22.8 Å². The standard InChI is InChI=1S/C8H11ClN2O2/c1-5-8(9)6(11(2)10-5)3-4-7(12)13/h3-4H2,1-2H3,(H,12,13). The number of carboxylic acid groups (broad SMARTS) is 1. The number of carboxylic acids is 1. The number of nitrogens with zero attached hydrogens (tertiary/aromatic N) is 2. The third-order valence-electron chi connectivity index (χ3n) is 1.84. The summed E-state index contributed by atoms with van der Waals surface area (Å²) in [7, 11) is 1.76. The lowest BCUT2D eigenvalue weighted by molar-refractivity contribution is -0.136. The second-order valence-electron chi connectivity index (χ2n) is 2.86. The highest BCUT2D eigenvalue weighted by molar-refractivity contribution is 6.31. The molecule has 0 fully saturated rings. The molecule has 0 spiro atoms. The first-order chi connectivity index (χ1) is 6.02. The van der Waals surface area contributed by atoms with Crippen LogP contribution in [-0.2, 0) is 18.3 Å². The summed E-state index contributed by atoms with van der Waals surface area (Å²) in [5, 5.41) is 13.1. The average molecular weight is 203 g/mol. The van der Waals surface area contributed by atoms with E-state index in [1.165, 1.54) is 0 Å². The van der Waals surface area contributed by atoms with E-state index in [-0.39, 0.29) is 6.42 Å². The molecule has 0 amide bonds. The molecule has 0 atom stereocenters. The van der Waals surface area contributed by atoms with Crippen molar-refractivity contribution in [1.82, 2.24) is 9.78 Å². The van der Waals surface area contributed by atoms with Gasteiger partial charge in [-0.1, -0.05) is 11.6 Å². The van der Waals surface area contributed by atoms with E-state index in [4.69, 9.17) is 16.7 Å². The zero-order valence-electron chi connectivity index (χ0n) is 7.54. The monoisotopic (exact) mass is 202 g/mol. The number of rotatable bonds is 3. The summed E-state index contributed by atoms with van der Waals surface area (Å²) in [4.78, 5) is 10.3. The van der Waals surface area contributed by atoms with E-state index in [0.29, 0.717) is 11.4 Å². The Bertz CT molecular complexity index is 333. The van der Waals surface area contributed by atoms with Crippen LogP contribution in [0.4, 0.5) is 0 Å². The van der Waals surface area contributed by atoms with Gasteiger partial charge in [-0.05, 0) is 6.92 Å². The molecule has 0 aliphatic carbocycles. The lowest BCUT2D eigenvalue weighted by atomic mass is 10.2. The molecule has 0 bridgehead atoms. The molecule has 0 saturated heterocycles. The van der Waals surface area contributed by atoms with E-state index in [2.05, 4.69) is 5.10 Å². The zero-order valence-corrected chi connectivity index (χ0v) is 8.30. The predicted octanol–water partition coefficient (Wildman–Crippen LogP) is 1.40.